The Morgan fingerprint density at radius 1 is 1.17 bits per heavy atom. The molecule has 3 rings (SSSR count). The molecule has 3 heterocycles. The molecule has 0 aromatic carbocycles. The van der Waals surface area contributed by atoms with E-state index in [1.165, 1.54) is 17.5 Å². The van der Waals surface area contributed by atoms with Crippen LogP contribution in [0.3, 0.4) is 0 Å². The minimum absolute atomic E-state index is 0.183. The van der Waals surface area contributed by atoms with Crippen molar-refractivity contribution in [2.75, 3.05) is 25.2 Å². The summed E-state index contributed by atoms with van der Waals surface area (Å²) in [6.45, 7) is 0.783. The highest BCUT2D eigenvalue weighted by Crippen LogP contribution is 2.29. The Bertz CT molecular complexity index is 794. The number of amides is 1. The first-order chi connectivity index (χ1) is 11.8. The van der Waals surface area contributed by atoms with E-state index in [2.05, 4.69) is 20.2 Å². The third-order valence-electron chi connectivity index (χ3n) is 3.25. The number of carbonyl (C=O) groups is 1. The Kier molecular flexibility index (Phi) is 5.19. The summed E-state index contributed by atoms with van der Waals surface area (Å²) in [4.78, 5) is 22.3. The van der Waals surface area contributed by atoms with E-state index in [4.69, 9.17) is 4.74 Å². The van der Waals surface area contributed by atoms with E-state index in [0.717, 1.165) is 10.6 Å². The summed E-state index contributed by atoms with van der Waals surface area (Å²) in [5.41, 5.74) is 1.41. The average Bonchev–Trinajstić information content (AvgIpc) is 3.13. The third kappa shape index (κ3) is 3.61. The summed E-state index contributed by atoms with van der Waals surface area (Å²) in [7, 11) is 1.59. The van der Waals surface area contributed by atoms with Gasteiger partial charge in [-0.05, 0) is 24.3 Å². The van der Waals surface area contributed by atoms with Gasteiger partial charge in [-0.25, -0.2) is 0 Å². The van der Waals surface area contributed by atoms with Gasteiger partial charge in [0, 0.05) is 37.5 Å². The maximum absolute atomic E-state index is 12.8. The second kappa shape index (κ2) is 7.71. The lowest BCUT2D eigenvalue weighted by molar-refractivity contribution is 0.0975. The normalized spacial score (nSPS) is 10.5. The highest BCUT2D eigenvalue weighted by molar-refractivity contribution is 7.18. The van der Waals surface area contributed by atoms with Crippen LogP contribution in [-0.4, -0.2) is 46.3 Å². The number of nitrogens with zero attached hydrogens (tertiary/aromatic N) is 5. The van der Waals surface area contributed by atoms with Crippen molar-refractivity contribution in [3.8, 4) is 10.6 Å². The van der Waals surface area contributed by atoms with Crippen LogP contribution in [0.1, 0.15) is 10.4 Å². The standard InChI is InChI=1S/C16H15N5O2S/c1-23-10-9-21(15(22)13-3-2-6-18-11-13)16-20-19-14(24-16)12-4-7-17-8-5-12/h2-8,11H,9-10H2,1H3. The summed E-state index contributed by atoms with van der Waals surface area (Å²) in [5.74, 6) is -0.183. The summed E-state index contributed by atoms with van der Waals surface area (Å²) >= 11 is 1.35. The number of carbonyl (C=O) groups excluding carboxylic acids is 1. The van der Waals surface area contributed by atoms with Crippen molar-refractivity contribution in [3.63, 3.8) is 0 Å². The van der Waals surface area contributed by atoms with Crippen LogP contribution < -0.4 is 4.90 Å². The van der Waals surface area contributed by atoms with E-state index >= 15 is 0 Å². The topological polar surface area (TPSA) is 81.1 Å². The molecule has 0 aliphatic rings. The molecule has 0 spiro atoms. The van der Waals surface area contributed by atoms with E-state index in [1.54, 1.807) is 42.7 Å². The van der Waals surface area contributed by atoms with Crippen LogP contribution >= 0.6 is 11.3 Å². The summed E-state index contributed by atoms with van der Waals surface area (Å²) in [6.07, 6.45) is 6.55. The van der Waals surface area contributed by atoms with E-state index in [9.17, 15) is 4.79 Å². The zero-order valence-electron chi connectivity index (χ0n) is 13.0. The number of pyridine rings is 2. The molecular weight excluding hydrogens is 326 g/mol. The molecule has 122 valence electrons. The molecule has 0 radical (unpaired) electrons. The maximum Gasteiger partial charge on any atom is 0.261 e. The van der Waals surface area contributed by atoms with Crippen LogP contribution in [0.15, 0.2) is 49.1 Å². The largest absolute Gasteiger partial charge is 0.383 e. The first-order valence-corrected chi connectivity index (χ1v) is 8.06. The molecule has 0 unspecified atom stereocenters. The summed E-state index contributed by atoms with van der Waals surface area (Å²) < 4.78 is 5.11. The molecule has 0 atom stereocenters. The monoisotopic (exact) mass is 341 g/mol. The molecule has 3 aromatic rings. The molecule has 7 nitrogen and oxygen atoms in total. The van der Waals surface area contributed by atoms with Gasteiger partial charge >= 0.3 is 0 Å². The number of anilines is 1. The van der Waals surface area contributed by atoms with Crippen LogP contribution in [0.25, 0.3) is 10.6 Å². The Morgan fingerprint density at radius 2 is 2.00 bits per heavy atom. The second-order valence-corrected chi connectivity index (χ2v) is 5.77. The van der Waals surface area contributed by atoms with Crippen molar-refractivity contribution in [2.45, 2.75) is 0 Å². The molecule has 0 N–H and O–H groups in total. The van der Waals surface area contributed by atoms with Crippen LogP contribution in [0, 0.1) is 0 Å². The second-order valence-electron chi connectivity index (χ2n) is 4.82. The molecule has 0 bridgehead atoms. The van der Waals surface area contributed by atoms with Crippen LogP contribution in [0.4, 0.5) is 5.13 Å². The van der Waals surface area contributed by atoms with Gasteiger partial charge in [-0.2, -0.15) is 0 Å². The first kappa shape index (κ1) is 16.2. The Labute approximate surface area is 143 Å². The molecule has 24 heavy (non-hydrogen) atoms. The Balaban J connectivity index is 1.89. The van der Waals surface area contributed by atoms with Crippen molar-refractivity contribution in [1.82, 2.24) is 20.2 Å². The number of rotatable bonds is 6. The van der Waals surface area contributed by atoms with E-state index in [-0.39, 0.29) is 5.91 Å². The molecule has 0 saturated carbocycles. The highest BCUT2D eigenvalue weighted by atomic mass is 32.1. The van der Waals surface area contributed by atoms with Crippen LogP contribution in [0.2, 0.25) is 0 Å². The van der Waals surface area contributed by atoms with Crippen LogP contribution in [-0.2, 0) is 4.74 Å². The smallest absolute Gasteiger partial charge is 0.261 e. The molecule has 0 saturated heterocycles. The zero-order chi connectivity index (χ0) is 16.8. The van der Waals surface area contributed by atoms with E-state index < -0.39 is 0 Å². The molecule has 0 aliphatic heterocycles. The number of methoxy groups -OCH3 is 1. The van der Waals surface area contributed by atoms with Gasteiger partial charge in [0.2, 0.25) is 5.13 Å². The Morgan fingerprint density at radius 3 is 2.71 bits per heavy atom. The number of hydrogen-bond acceptors (Lipinski definition) is 7. The van der Waals surface area contributed by atoms with Gasteiger partial charge in [0.05, 0.1) is 18.7 Å². The van der Waals surface area contributed by atoms with Crippen molar-refractivity contribution in [2.24, 2.45) is 0 Å². The van der Waals surface area contributed by atoms with Gasteiger partial charge in [-0.15, -0.1) is 10.2 Å². The van der Waals surface area contributed by atoms with Crippen molar-refractivity contribution in [1.29, 1.82) is 0 Å². The molecule has 1 amide bonds. The predicted molar refractivity (Wildman–Crippen MR) is 90.9 cm³/mol. The molecular formula is C16H15N5O2S. The highest BCUT2D eigenvalue weighted by Gasteiger charge is 2.22. The van der Waals surface area contributed by atoms with Crippen molar-refractivity contribution < 1.29 is 9.53 Å². The molecule has 0 fully saturated rings. The lowest BCUT2D eigenvalue weighted by atomic mass is 10.2. The maximum atomic E-state index is 12.8. The van der Waals surface area contributed by atoms with Gasteiger partial charge in [0.1, 0.15) is 5.01 Å². The average molecular weight is 341 g/mol. The predicted octanol–water partition coefficient (Wildman–Crippen LogP) is 2.29. The number of aromatic nitrogens is 4. The quantitative estimate of drug-likeness (QED) is 0.684. The lowest BCUT2D eigenvalue weighted by Gasteiger charge is -2.18. The zero-order valence-corrected chi connectivity index (χ0v) is 13.8. The van der Waals surface area contributed by atoms with Gasteiger partial charge in [0.25, 0.3) is 5.91 Å². The van der Waals surface area contributed by atoms with Gasteiger partial charge in [-0.3, -0.25) is 19.7 Å². The fourth-order valence-electron chi connectivity index (χ4n) is 2.05. The fourth-order valence-corrected chi connectivity index (χ4v) is 2.92. The minimum atomic E-state index is -0.183. The van der Waals surface area contributed by atoms with Gasteiger partial charge in [-0.1, -0.05) is 11.3 Å². The lowest BCUT2D eigenvalue weighted by Crippen LogP contribution is -2.34. The Hall–Kier alpha value is -2.71. The van der Waals surface area contributed by atoms with Gasteiger partial charge in [0.15, 0.2) is 0 Å². The fraction of sp³-hybridized carbons (Fsp3) is 0.188. The van der Waals surface area contributed by atoms with Crippen molar-refractivity contribution >= 4 is 22.4 Å². The number of hydrogen-bond donors (Lipinski definition) is 0. The first-order valence-electron chi connectivity index (χ1n) is 7.24. The van der Waals surface area contributed by atoms with E-state index in [0.29, 0.717) is 23.8 Å². The van der Waals surface area contributed by atoms with Crippen molar-refractivity contribution in [3.05, 3.63) is 54.6 Å². The number of ether oxygens (including phenoxy) is 1. The minimum Gasteiger partial charge on any atom is -0.383 e. The summed E-state index contributed by atoms with van der Waals surface area (Å²) in [5, 5.41) is 9.60. The SMILES string of the molecule is COCCN(C(=O)c1cccnc1)c1nnc(-c2ccncc2)s1. The molecule has 0 aliphatic carbocycles. The third-order valence-corrected chi connectivity index (χ3v) is 4.24. The van der Waals surface area contributed by atoms with Gasteiger partial charge < -0.3 is 4.74 Å². The summed E-state index contributed by atoms with van der Waals surface area (Å²) in [6, 6.07) is 7.16. The molecule has 8 heteroatoms. The van der Waals surface area contributed by atoms with E-state index in [1.807, 2.05) is 12.1 Å². The molecule has 3 aromatic heterocycles. The van der Waals surface area contributed by atoms with Crippen LogP contribution in [0.5, 0.6) is 0 Å².